The van der Waals surface area contributed by atoms with Gasteiger partial charge in [-0.05, 0) is 42.0 Å². The molecule has 0 bridgehead atoms. The van der Waals surface area contributed by atoms with Crippen molar-refractivity contribution in [2.45, 2.75) is 0 Å². The van der Waals surface area contributed by atoms with Gasteiger partial charge in [-0.3, -0.25) is 4.98 Å². The first-order valence-electron chi connectivity index (χ1n) is 16.4. The van der Waals surface area contributed by atoms with Crippen molar-refractivity contribution in [1.29, 1.82) is 0 Å². The van der Waals surface area contributed by atoms with E-state index in [1.54, 1.807) is 6.20 Å². The maximum atomic E-state index is 5.55. The van der Waals surface area contributed by atoms with Crippen LogP contribution in [-0.4, -0.2) is 19.5 Å². The van der Waals surface area contributed by atoms with Crippen molar-refractivity contribution in [1.82, 2.24) is 19.5 Å². The van der Waals surface area contributed by atoms with Crippen LogP contribution in [-0.2, 0) is 0 Å². The van der Waals surface area contributed by atoms with Gasteiger partial charge in [0.05, 0.1) is 33.8 Å². The van der Waals surface area contributed by atoms with Gasteiger partial charge in [0.1, 0.15) is 0 Å². The van der Waals surface area contributed by atoms with E-state index in [-0.39, 0.29) is 0 Å². The summed E-state index contributed by atoms with van der Waals surface area (Å²) in [4.78, 5) is 15.4. The molecule has 0 spiro atoms. The lowest BCUT2D eigenvalue weighted by Gasteiger charge is -2.17. The molecule has 49 heavy (non-hydrogen) atoms. The molecule has 0 fully saturated rings. The first-order valence-corrected chi connectivity index (χ1v) is 16.4. The Morgan fingerprint density at radius 3 is 1.55 bits per heavy atom. The van der Waals surface area contributed by atoms with Gasteiger partial charge >= 0.3 is 0 Å². The van der Waals surface area contributed by atoms with E-state index in [2.05, 4.69) is 161 Å². The lowest BCUT2D eigenvalue weighted by Crippen LogP contribution is -2.01. The minimum Gasteiger partial charge on any atom is -0.309 e. The number of rotatable bonds is 6. The molecule has 0 radical (unpaired) electrons. The summed E-state index contributed by atoms with van der Waals surface area (Å²) in [5.41, 5.74) is 12.9. The van der Waals surface area contributed by atoms with Crippen LogP contribution in [0.3, 0.4) is 0 Å². The molecule has 0 saturated heterocycles. The highest BCUT2D eigenvalue weighted by molar-refractivity contribution is 6.10. The normalized spacial score (nSPS) is 11.3. The molecule has 0 saturated carbocycles. The molecule has 3 aromatic heterocycles. The van der Waals surface area contributed by atoms with Crippen molar-refractivity contribution in [3.8, 4) is 61.8 Å². The summed E-state index contributed by atoms with van der Waals surface area (Å²) in [5.74, 6) is 0. The van der Waals surface area contributed by atoms with Crippen molar-refractivity contribution in [2.75, 3.05) is 0 Å². The van der Waals surface area contributed by atoms with Crippen molar-refractivity contribution in [2.24, 2.45) is 0 Å². The number of aromatic nitrogens is 4. The number of benzene rings is 6. The average molecular weight is 627 g/mol. The van der Waals surface area contributed by atoms with Crippen LogP contribution < -0.4 is 0 Å². The molecule has 4 heteroatoms. The lowest BCUT2D eigenvalue weighted by atomic mass is 9.97. The van der Waals surface area contributed by atoms with Gasteiger partial charge in [-0.15, -0.1) is 0 Å². The molecule has 9 aromatic rings. The fraction of sp³-hybridized carbons (Fsp3) is 0. The second-order valence-electron chi connectivity index (χ2n) is 12.1. The Balaban J connectivity index is 1.35. The van der Waals surface area contributed by atoms with E-state index in [0.29, 0.717) is 0 Å². The third kappa shape index (κ3) is 5.16. The third-order valence-corrected chi connectivity index (χ3v) is 9.08. The second kappa shape index (κ2) is 12.2. The molecule has 0 amide bonds. The molecule has 0 atom stereocenters. The summed E-state index contributed by atoms with van der Waals surface area (Å²) < 4.78 is 2.35. The van der Waals surface area contributed by atoms with Crippen LogP contribution in [0, 0.1) is 0 Å². The lowest BCUT2D eigenvalue weighted by molar-refractivity contribution is 1.18. The summed E-state index contributed by atoms with van der Waals surface area (Å²) in [5, 5.41) is 2.41. The van der Waals surface area contributed by atoms with Gasteiger partial charge in [0.15, 0.2) is 0 Å². The zero-order valence-corrected chi connectivity index (χ0v) is 26.6. The number of fused-ring (bicyclic) bond motifs is 3. The molecule has 9 rings (SSSR count). The summed E-state index contributed by atoms with van der Waals surface area (Å²) >= 11 is 0. The van der Waals surface area contributed by atoms with Gasteiger partial charge < -0.3 is 4.57 Å². The predicted molar refractivity (Wildman–Crippen MR) is 201 cm³/mol. The van der Waals surface area contributed by atoms with Crippen molar-refractivity contribution in [3.05, 3.63) is 182 Å². The molecule has 0 N–H and O–H groups in total. The molecular formula is C45H30N4. The largest absolute Gasteiger partial charge is 0.309 e. The van der Waals surface area contributed by atoms with Gasteiger partial charge in [0.2, 0.25) is 0 Å². The van der Waals surface area contributed by atoms with Crippen LogP contribution in [0.15, 0.2) is 182 Å². The summed E-state index contributed by atoms with van der Waals surface area (Å²) in [6.07, 6.45) is 3.70. The predicted octanol–water partition coefficient (Wildman–Crippen LogP) is 11.3. The first kappa shape index (κ1) is 28.6. The Labute approximate surface area is 284 Å². The highest BCUT2D eigenvalue weighted by atomic mass is 15.0. The monoisotopic (exact) mass is 626 g/mol. The highest BCUT2D eigenvalue weighted by Gasteiger charge is 2.21. The smallest absolute Gasteiger partial charge is 0.0974 e. The average Bonchev–Trinajstić information content (AvgIpc) is 3.52. The van der Waals surface area contributed by atoms with Gasteiger partial charge in [0, 0.05) is 56.7 Å². The van der Waals surface area contributed by atoms with Crippen LogP contribution >= 0.6 is 0 Å². The Bertz CT molecular complexity index is 2580. The van der Waals surface area contributed by atoms with Crippen LogP contribution in [0.4, 0.5) is 0 Å². The Morgan fingerprint density at radius 2 is 0.878 bits per heavy atom. The fourth-order valence-electron chi connectivity index (χ4n) is 6.79. The first-order chi connectivity index (χ1) is 24.3. The van der Waals surface area contributed by atoms with Crippen molar-refractivity contribution < 1.29 is 0 Å². The van der Waals surface area contributed by atoms with E-state index >= 15 is 0 Å². The van der Waals surface area contributed by atoms with Gasteiger partial charge in [-0.25, -0.2) is 9.97 Å². The molecule has 0 unspecified atom stereocenters. The zero-order valence-electron chi connectivity index (χ0n) is 26.6. The van der Waals surface area contributed by atoms with Crippen molar-refractivity contribution in [3.63, 3.8) is 0 Å². The fourth-order valence-corrected chi connectivity index (χ4v) is 6.79. The number of hydrogen-bond acceptors (Lipinski definition) is 3. The Kier molecular flexibility index (Phi) is 7.10. The molecule has 3 heterocycles. The maximum Gasteiger partial charge on any atom is 0.0974 e. The summed E-state index contributed by atoms with van der Waals surface area (Å²) in [6, 6.07) is 59.2. The van der Waals surface area contributed by atoms with E-state index in [0.717, 1.165) is 67.4 Å². The maximum absolute atomic E-state index is 5.55. The number of pyridine rings is 1. The van der Waals surface area contributed by atoms with E-state index in [1.807, 2.05) is 24.4 Å². The number of hydrogen-bond donors (Lipinski definition) is 0. The van der Waals surface area contributed by atoms with Crippen LogP contribution in [0.5, 0.6) is 0 Å². The second-order valence-corrected chi connectivity index (χ2v) is 12.1. The molecule has 230 valence electrons. The van der Waals surface area contributed by atoms with Gasteiger partial charge in [-0.2, -0.15) is 0 Å². The Hall–Kier alpha value is -6.65. The van der Waals surface area contributed by atoms with E-state index in [9.17, 15) is 0 Å². The van der Waals surface area contributed by atoms with E-state index in [1.165, 1.54) is 16.3 Å². The molecule has 0 aliphatic rings. The molecule has 6 aromatic carbocycles. The minimum atomic E-state index is 0.825. The molecule has 0 aliphatic heterocycles. The van der Waals surface area contributed by atoms with Gasteiger partial charge in [0.25, 0.3) is 0 Å². The van der Waals surface area contributed by atoms with Crippen LogP contribution in [0.2, 0.25) is 0 Å². The molecule has 4 nitrogen and oxygen atoms in total. The standard InChI is InChI=1S/C45H30N4/c1-4-14-31(15-5-1)42-43(32-16-6-2-7-17-32)48-45(44(47-42)34-19-12-18-33(28-34)36-20-13-27-46-30-36)35-25-26-39-38-23-10-11-24-40(38)49(41(39)29-35)37-21-8-3-9-22-37/h1-30H. The summed E-state index contributed by atoms with van der Waals surface area (Å²) in [7, 11) is 0. The van der Waals surface area contributed by atoms with Crippen LogP contribution in [0.25, 0.3) is 83.6 Å². The number of nitrogens with zero attached hydrogens (tertiary/aromatic N) is 4. The van der Waals surface area contributed by atoms with E-state index in [4.69, 9.17) is 9.97 Å². The minimum absolute atomic E-state index is 0.825. The quantitative estimate of drug-likeness (QED) is 0.184. The topological polar surface area (TPSA) is 43.6 Å². The third-order valence-electron chi connectivity index (χ3n) is 9.08. The van der Waals surface area contributed by atoms with Gasteiger partial charge in [-0.1, -0.05) is 133 Å². The summed E-state index contributed by atoms with van der Waals surface area (Å²) in [6.45, 7) is 0. The van der Waals surface area contributed by atoms with Crippen molar-refractivity contribution >= 4 is 21.8 Å². The molecular weight excluding hydrogens is 597 g/mol. The SMILES string of the molecule is c1ccc(-c2nc(-c3cccc(-c4cccnc4)c3)c(-c3ccc4c5ccccc5n(-c5ccccc5)c4c3)nc2-c2ccccc2)cc1. The Morgan fingerprint density at radius 1 is 0.347 bits per heavy atom. The van der Waals surface area contributed by atoms with E-state index < -0.39 is 0 Å². The van der Waals surface area contributed by atoms with Crippen LogP contribution in [0.1, 0.15) is 0 Å². The zero-order chi connectivity index (χ0) is 32.6. The highest BCUT2D eigenvalue weighted by Crippen LogP contribution is 2.40. The molecule has 0 aliphatic carbocycles. The number of para-hydroxylation sites is 2.